The van der Waals surface area contributed by atoms with E-state index in [9.17, 15) is 29.4 Å². The van der Waals surface area contributed by atoms with Crippen molar-refractivity contribution in [1.82, 2.24) is 5.12 Å². The molecule has 2 aliphatic rings. The summed E-state index contributed by atoms with van der Waals surface area (Å²) in [6.07, 6.45) is -0.805. The van der Waals surface area contributed by atoms with Gasteiger partial charge >= 0.3 is 5.97 Å². The van der Waals surface area contributed by atoms with Crippen LogP contribution in [0.2, 0.25) is 0 Å². The number of benzene rings is 1. The lowest BCUT2D eigenvalue weighted by Gasteiger charge is -2.24. The van der Waals surface area contributed by atoms with Gasteiger partial charge in [0, 0.05) is 18.6 Å². The largest absolute Gasteiger partial charge is 0.461 e. The minimum atomic E-state index is -1.79. The number of anilines is 1. The fourth-order valence-corrected chi connectivity index (χ4v) is 3.04. The summed E-state index contributed by atoms with van der Waals surface area (Å²) in [6.45, 7) is 1.64. The van der Waals surface area contributed by atoms with Crippen molar-refractivity contribution in [3.05, 3.63) is 39.3 Å². The first-order valence-corrected chi connectivity index (χ1v) is 7.84. The summed E-state index contributed by atoms with van der Waals surface area (Å²) in [6, 6.07) is 4.95. The fourth-order valence-electron chi connectivity index (χ4n) is 3.04. The van der Waals surface area contributed by atoms with Crippen molar-refractivity contribution in [3.8, 4) is 0 Å². The second-order valence-corrected chi connectivity index (χ2v) is 5.83. The molecule has 1 saturated heterocycles. The van der Waals surface area contributed by atoms with Gasteiger partial charge in [0.05, 0.1) is 28.9 Å². The van der Waals surface area contributed by atoms with E-state index in [1.54, 1.807) is 6.92 Å². The maximum atomic E-state index is 13.0. The highest BCUT2D eigenvalue weighted by Gasteiger charge is 2.61. The number of amides is 2. The number of esters is 1. The molecule has 0 aromatic heterocycles. The average molecular weight is 375 g/mol. The first kappa shape index (κ1) is 18.1. The molecule has 0 aliphatic carbocycles. The molecule has 1 aromatic carbocycles. The van der Waals surface area contributed by atoms with Gasteiger partial charge in [-0.05, 0) is 13.0 Å². The normalized spacial score (nSPS) is 21.6. The Hall–Kier alpha value is -3.70. The Balaban J connectivity index is 1.96. The number of hydrazone groups is 1. The molecule has 1 aromatic rings. The Morgan fingerprint density at radius 1 is 1.41 bits per heavy atom. The summed E-state index contributed by atoms with van der Waals surface area (Å²) in [5.41, 5.74) is -2.33. The van der Waals surface area contributed by atoms with Crippen molar-refractivity contribution in [2.45, 2.75) is 25.3 Å². The Labute approximate surface area is 151 Å². The average Bonchev–Trinajstić information content (AvgIpc) is 3.13. The molecule has 0 N–H and O–H groups in total. The summed E-state index contributed by atoms with van der Waals surface area (Å²) in [7, 11) is 0. The second-order valence-electron chi connectivity index (χ2n) is 5.83. The van der Waals surface area contributed by atoms with Crippen LogP contribution in [0.1, 0.15) is 19.8 Å². The van der Waals surface area contributed by atoms with Gasteiger partial charge in [-0.1, -0.05) is 6.07 Å². The van der Waals surface area contributed by atoms with E-state index in [1.165, 1.54) is 18.2 Å². The molecule has 0 unspecified atom stereocenters. The van der Waals surface area contributed by atoms with E-state index in [0.717, 1.165) is 11.0 Å². The molecule has 2 heterocycles. The van der Waals surface area contributed by atoms with Crippen LogP contribution < -0.4 is 4.90 Å². The van der Waals surface area contributed by atoms with Gasteiger partial charge in [-0.25, -0.2) is 9.69 Å². The molecule has 140 valence electrons. The number of nitroso groups, excluding NO2 is 1. The second kappa shape index (κ2) is 6.55. The van der Waals surface area contributed by atoms with Crippen LogP contribution in [0.25, 0.3) is 0 Å². The summed E-state index contributed by atoms with van der Waals surface area (Å²) in [4.78, 5) is 59.6. The van der Waals surface area contributed by atoms with Gasteiger partial charge in [-0.3, -0.25) is 19.7 Å². The summed E-state index contributed by atoms with van der Waals surface area (Å²) in [5.74, 6) is -2.37. The number of ether oxygens (including phenoxy) is 1. The van der Waals surface area contributed by atoms with Gasteiger partial charge in [0.15, 0.2) is 11.3 Å². The predicted octanol–water partition coefficient (Wildman–Crippen LogP) is 0.903. The number of hydrogen-bond donors (Lipinski definition) is 0. The molecule has 0 bridgehead atoms. The quantitative estimate of drug-likeness (QED) is 0.242. The summed E-state index contributed by atoms with van der Waals surface area (Å²) in [5, 5.41) is 17.8. The SMILES string of the molecule is CCOC(=O)C1=NN(N=O)[C@@]2(CC(=O)N(c3cccc([N+](=O)[O-])c3)C2=O)C1. The summed E-state index contributed by atoms with van der Waals surface area (Å²) < 4.78 is 4.81. The zero-order valence-corrected chi connectivity index (χ0v) is 14.0. The highest BCUT2D eigenvalue weighted by molar-refractivity contribution is 6.39. The number of hydrogen-bond acceptors (Lipinski definition) is 9. The molecule has 12 nitrogen and oxygen atoms in total. The Morgan fingerprint density at radius 2 is 2.15 bits per heavy atom. The molecule has 2 aliphatic heterocycles. The van der Waals surface area contributed by atoms with Crippen LogP contribution in [-0.4, -0.2) is 45.7 Å². The van der Waals surface area contributed by atoms with Crippen LogP contribution in [0.4, 0.5) is 11.4 Å². The molecule has 1 atom stereocenters. The van der Waals surface area contributed by atoms with Crippen LogP contribution in [0.3, 0.4) is 0 Å². The smallest absolute Gasteiger partial charge is 0.354 e. The maximum absolute atomic E-state index is 13.0. The lowest BCUT2D eigenvalue weighted by atomic mass is 9.92. The Morgan fingerprint density at radius 3 is 2.78 bits per heavy atom. The molecule has 0 saturated carbocycles. The lowest BCUT2D eigenvalue weighted by molar-refractivity contribution is -0.384. The third-order valence-corrected chi connectivity index (χ3v) is 4.24. The Kier molecular flexibility index (Phi) is 4.39. The van der Waals surface area contributed by atoms with E-state index >= 15 is 0 Å². The summed E-state index contributed by atoms with van der Waals surface area (Å²) >= 11 is 0. The zero-order chi connectivity index (χ0) is 19.8. The highest BCUT2D eigenvalue weighted by atomic mass is 16.6. The third-order valence-electron chi connectivity index (χ3n) is 4.24. The molecular formula is C15H13N5O7. The maximum Gasteiger partial charge on any atom is 0.354 e. The molecular weight excluding hydrogens is 362 g/mol. The number of carbonyl (C=O) groups excluding carboxylic acids is 3. The molecule has 12 heteroatoms. The van der Waals surface area contributed by atoms with Crippen LogP contribution in [0, 0.1) is 15.0 Å². The Bertz CT molecular complexity index is 898. The van der Waals surface area contributed by atoms with Crippen LogP contribution in [-0.2, 0) is 19.1 Å². The number of nitrogens with zero attached hydrogens (tertiary/aromatic N) is 5. The lowest BCUT2D eigenvalue weighted by Crippen LogP contribution is -2.48. The topological polar surface area (TPSA) is 152 Å². The van der Waals surface area contributed by atoms with E-state index < -0.39 is 34.7 Å². The van der Waals surface area contributed by atoms with Crippen LogP contribution in [0.15, 0.2) is 34.7 Å². The van der Waals surface area contributed by atoms with Crippen molar-refractivity contribution in [2.24, 2.45) is 10.4 Å². The van der Waals surface area contributed by atoms with Crippen molar-refractivity contribution < 1.29 is 24.0 Å². The fraction of sp³-hybridized carbons (Fsp3) is 0.333. The van der Waals surface area contributed by atoms with Crippen molar-refractivity contribution in [2.75, 3.05) is 11.5 Å². The van der Waals surface area contributed by atoms with Gasteiger partial charge in [0.1, 0.15) is 0 Å². The van der Waals surface area contributed by atoms with Gasteiger partial charge in [-0.2, -0.15) is 0 Å². The third kappa shape index (κ3) is 2.80. The van der Waals surface area contributed by atoms with Gasteiger partial charge in [0.25, 0.3) is 11.6 Å². The molecule has 2 amide bonds. The van der Waals surface area contributed by atoms with E-state index in [2.05, 4.69) is 10.4 Å². The van der Waals surface area contributed by atoms with E-state index in [1.807, 2.05) is 0 Å². The highest BCUT2D eigenvalue weighted by Crippen LogP contribution is 2.41. The van der Waals surface area contributed by atoms with E-state index in [-0.39, 0.29) is 30.1 Å². The molecule has 0 radical (unpaired) electrons. The van der Waals surface area contributed by atoms with Crippen molar-refractivity contribution in [1.29, 1.82) is 0 Å². The molecule has 3 rings (SSSR count). The van der Waals surface area contributed by atoms with E-state index in [4.69, 9.17) is 4.74 Å². The number of non-ortho nitro benzene ring substituents is 1. The van der Waals surface area contributed by atoms with Gasteiger partial charge in [-0.15, -0.1) is 15.1 Å². The minimum Gasteiger partial charge on any atom is -0.461 e. The number of nitro groups is 1. The number of rotatable bonds is 5. The van der Waals surface area contributed by atoms with Crippen LogP contribution >= 0.6 is 0 Å². The van der Waals surface area contributed by atoms with Crippen molar-refractivity contribution in [3.63, 3.8) is 0 Å². The first-order valence-electron chi connectivity index (χ1n) is 7.84. The van der Waals surface area contributed by atoms with Crippen molar-refractivity contribution >= 4 is 34.9 Å². The monoisotopic (exact) mass is 375 g/mol. The number of nitro benzene ring substituents is 1. The number of imide groups is 1. The zero-order valence-electron chi connectivity index (χ0n) is 14.0. The van der Waals surface area contributed by atoms with Gasteiger partial charge < -0.3 is 4.74 Å². The molecule has 1 spiro atoms. The molecule has 27 heavy (non-hydrogen) atoms. The van der Waals surface area contributed by atoms with Crippen LogP contribution in [0.5, 0.6) is 0 Å². The minimum absolute atomic E-state index is 0.0218. The molecule has 1 fully saturated rings. The van der Waals surface area contributed by atoms with Gasteiger partial charge in [0.2, 0.25) is 5.91 Å². The first-order chi connectivity index (χ1) is 12.8. The van der Waals surface area contributed by atoms with E-state index in [0.29, 0.717) is 5.12 Å². The standard InChI is InChI=1S/C15H13N5O7/c1-2-27-13(22)11-7-15(20(16-11)17-24)8-12(21)18(14(15)23)9-4-3-5-10(6-9)19(25)26/h3-6H,2,7-8H2,1H3/t15-/m1/s1. The number of carbonyl (C=O) groups is 3. The predicted molar refractivity (Wildman–Crippen MR) is 89.3 cm³/mol.